The van der Waals surface area contributed by atoms with Gasteiger partial charge in [-0.05, 0) is 42.8 Å². The number of aromatic nitrogens is 3. The van der Waals surface area contributed by atoms with Crippen LogP contribution in [0, 0.1) is 6.92 Å². The second-order valence-corrected chi connectivity index (χ2v) is 8.75. The smallest absolute Gasteiger partial charge is 0.266 e. The summed E-state index contributed by atoms with van der Waals surface area (Å²) in [5.41, 5.74) is 1.01. The van der Waals surface area contributed by atoms with E-state index in [1.54, 1.807) is 31.2 Å². The van der Waals surface area contributed by atoms with Crippen LogP contribution in [0.25, 0.3) is 0 Å². The van der Waals surface area contributed by atoms with E-state index >= 15 is 0 Å². The zero-order valence-electron chi connectivity index (χ0n) is 14.4. The number of benzene rings is 2. The van der Waals surface area contributed by atoms with Gasteiger partial charge in [0.05, 0.1) is 17.3 Å². The molecule has 1 aromatic heterocycles. The van der Waals surface area contributed by atoms with Crippen LogP contribution in [0.2, 0.25) is 15.1 Å². The first kappa shape index (κ1) is 20.6. The van der Waals surface area contributed by atoms with Gasteiger partial charge in [0.2, 0.25) is 0 Å². The van der Waals surface area contributed by atoms with Gasteiger partial charge in [-0.2, -0.15) is 0 Å². The van der Waals surface area contributed by atoms with Crippen molar-refractivity contribution >= 4 is 50.7 Å². The Morgan fingerprint density at radius 2 is 1.75 bits per heavy atom. The number of halogens is 3. The molecular weight excluding hydrogens is 447 g/mol. The van der Waals surface area contributed by atoms with Gasteiger partial charge in [-0.1, -0.05) is 52.1 Å². The number of nitrogens with one attached hydrogen (secondary N) is 1. The highest BCUT2D eigenvalue weighted by Gasteiger charge is 2.25. The van der Waals surface area contributed by atoms with Gasteiger partial charge in [0, 0.05) is 10.0 Å². The summed E-state index contributed by atoms with van der Waals surface area (Å²) >= 11 is 17.9. The number of carbonyl (C=O) groups excluding carboxylic acids is 1. The lowest BCUT2D eigenvalue weighted by atomic mass is 10.2. The van der Waals surface area contributed by atoms with Gasteiger partial charge < -0.3 is 0 Å². The fourth-order valence-electron chi connectivity index (χ4n) is 2.48. The van der Waals surface area contributed by atoms with Crippen molar-refractivity contribution in [2.24, 2.45) is 0 Å². The predicted molar refractivity (Wildman–Crippen MR) is 106 cm³/mol. The second-order valence-electron chi connectivity index (χ2n) is 5.82. The number of hydrogen-bond acceptors (Lipinski definition) is 5. The molecule has 7 nitrogen and oxygen atoms in total. The van der Waals surface area contributed by atoms with Gasteiger partial charge in [-0.15, -0.1) is 5.10 Å². The second kappa shape index (κ2) is 8.08. The standard InChI is InChI=1S/C17H13Cl3N4O3S/c1-10-16(17(25)22-28(26,27)15-5-3-2-4-14(15)20)21-23-24(10)9-11-6-12(18)8-13(19)7-11/h2-8H,9H2,1H3,(H,22,25). The number of carbonyl (C=O) groups is 1. The lowest BCUT2D eigenvalue weighted by Crippen LogP contribution is -2.31. The summed E-state index contributed by atoms with van der Waals surface area (Å²) in [4.78, 5) is 12.2. The van der Waals surface area contributed by atoms with E-state index < -0.39 is 15.9 Å². The first-order valence-corrected chi connectivity index (χ1v) is 10.5. The summed E-state index contributed by atoms with van der Waals surface area (Å²) < 4.78 is 28.2. The van der Waals surface area contributed by atoms with Crippen LogP contribution in [0.3, 0.4) is 0 Å². The highest BCUT2D eigenvalue weighted by molar-refractivity contribution is 7.90. The van der Waals surface area contributed by atoms with E-state index in [9.17, 15) is 13.2 Å². The quantitative estimate of drug-likeness (QED) is 0.627. The van der Waals surface area contributed by atoms with Gasteiger partial charge in [0.1, 0.15) is 4.90 Å². The summed E-state index contributed by atoms with van der Waals surface area (Å²) in [7, 11) is -4.16. The highest BCUT2D eigenvalue weighted by Crippen LogP contribution is 2.22. The number of rotatable bonds is 5. The van der Waals surface area contributed by atoms with Crippen LogP contribution in [0.1, 0.15) is 21.7 Å². The van der Waals surface area contributed by atoms with Gasteiger partial charge in [-0.25, -0.2) is 17.8 Å². The van der Waals surface area contributed by atoms with E-state index in [1.807, 2.05) is 4.72 Å². The van der Waals surface area contributed by atoms with Crippen molar-refractivity contribution in [3.63, 3.8) is 0 Å². The van der Waals surface area contributed by atoms with E-state index in [4.69, 9.17) is 34.8 Å². The molecule has 0 atom stereocenters. The fourth-order valence-corrected chi connectivity index (χ4v) is 4.53. The fraction of sp³-hybridized carbons (Fsp3) is 0.118. The zero-order chi connectivity index (χ0) is 20.5. The molecular formula is C17H13Cl3N4O3S. The summed E-state index contributed by atoms with van der Waals surface area (Å²) in [5, 5.41) is 8.63. The van der Waals surface area contributed by atoms with Crippen molar-refractivity contribution in [1.29, 1.82) is 0 Å². The summed E-state index contributed by atoms with van der Waals surface area (Å²) in [6, 6.07) is 10.8. The molecule has 2 aromatic carbocycles. The third-order valence-corrected chi connectivity index (χ3v) is 6.07. The minimum atomic E-state index is -4.16. The first-order valence-electron chi connectivity index (χ1n) is 7.84. The largest absolute Gasteiger partial charge is 0.287 e. The van der Waals surface area contributed by atoms with E-state index in [1.165, 1.54) is 22.9 Å². The Kier molecular flexibility index (Phi) is 5.95. The number of sulfonamides is 1. The Morgan fingerprint density at radius 1 is 1.11 bits per heavy atom. The lowest BCUT2D eigenvalue weighted by Gasteiger charge is -2.08. The maximum atomic E-state index is 12.4. The first-order chi connectivity index (χ1) is 13.2. The Balaban J connectivity index is 1.83. The molecule has 146 valence electrons. The molecule has 0 aliphatic carbocycles. The molecule has 28 heavy (non-hydrogen) atoms. The van der Waals surface area contributed by atoms with Crippen LogP contribution in [0.5, 0.6) is 0 Å². The Hall–Kier alpha value is -2.13. The molecule has 1 N–H and O–H groups in total. The molecule has 0 saturated carbocycles. The number of hydrogen-bond donors (Lipinski definition) is 1. The Morgan fingerprint density at radius 3 is 2.39 bits per heavy atom. The molecule has 0 bridgehead atoms. The molecule has 0 aliphatic heterocycles. The third-order valence-electron chi connectivity index (χ3n) is 3.81. The maximum absolute atomic E-state index is 12.4. The van der Waals surface area contributed by atoms with Crippen molar-refractivity contribution in [3.8, 4) is 0 Å². The van der Waals surface area contributed by atoms with E-state index in [2.05, 4.69) is 10.3 Å². The molecule has 3 aromatic rings. The minimum Gasteiger partial charge on any atom is -0.266 e. The van der Waals surface area contributed by atoms with Crippen molar-refractivity contribution < 1.29 is 13.2 Å². The molecule has 0 fully saturated rings. The van der Waals surface area contributed by atoms with Crippen molar-refractivity contribution in [3.05, 3.63) is 74.5 Å². The maximum Gasteiger partial charge on any atom is 0.287 e. The third kappa shape index (κ3) is 4.47. The molecule has 0 aliphatic rings. The van der Waals surface area contributed by atoms with Gasteiger partial charge >= 0.3 is 0 Å². The van der Waals surface area contributed by atoms with Crippen molar-refractivity contribution in [2.75, 3.05) is 0 Å². The normalized spacial score (nSPS) is 11.4. The molecule has 11 heteroatoms. The van der Waals surface area contributed by atoms with Gasteiger partial charge in [0.15, 0.2) is 5.69 Å². The van der Waals surface area contributed by atoms with Crippen LogP contribution in [-0.2, 0) is 16.6 Å². The summed E-state index contributed by atoms with van der Waals surface area (Å²) in [6.07, 6.45) is 0. The SMILES string of the molecule is Cc1c(C(=O)NS(=O)(=O)c2ccccc2Cl)nnn1Cc1cc(Cl)cc(Cl)c1. The topological polar surface area (TPSA) is 93.9 Å². The monoisotopic (exact) mass is 458 g/mol. The molecule has 0 radical (unpaired) electrons. The van der Waals surface area contributed by atoms with Crippen LogP contribution in [0.4, 0.5) is 0 Å². The molecule has 0 spiro atoms. The molecule has 0 unspecified atom stereocenters. The van der Waals surface area contributed by atoms with E-state index in [-0.39, 0.29) is 22.2 Å². The van der Waals surface area contributed by atoms with Crippen molar-refractivity contribution in [1.82, 2.24) is 19.7 Å². The van der Waals surface area contributed by atoms with E-state index in [0.29, 0.717) is 15.7 Å². The van der Waals surface area contributed by atoms with Crippen molar-refractivity contribution in [2.45, 2.75) is 18.4 Å². The lowest BCUT2D eigenvalue weighted by molar-refractivity contribution is 0.0976. The Labute approximate surface area is 176 Å². The summed E-state index contributed by atoms with van der Waals surface area (Å²) in [6.45, 7) is 1.85. The van der Waals surface area contributed by atoms with Gasteiger partial charge in [0.25, 0.3) is 15.9 Å². The molecule has 0 saturated heterocycles. The number of nitrogens with zero attached hydrogens (tertiary/aromatic N) is 3. The summed E-state index contributed by atoms with van der Waals surface area (Å²) in [5.74, 6) is -0.909. The van der Waals surface area contributed by atoms with Crippen LogP contribution in [0.15, 0.2) is 47.4 Å². The average molecular weight is 460 g/mol. The molecule has 1 heterocycles. The molecule has 3 rings (SSSR count). The Bertz CT molecular complexity index is 1140. The predicted octanol–water partition coefficient (Wildman–Crippen LogP) is 3.71. The van der Waals surface area contributed by atoms with Crippen LogP contribution < -0.4 is 4.72 Å². The zero-order valence-corrected chi connectivity index (χ0v) is 17.4. The van der Waals surface area contributed by atoms with Crippen LogP contribution in [-0.4, -0.2) is 29.3 Å². The average Bonchev–Trinajstić information content (AvgIpc) is 2.94. The minimum absolute atomic E-state index is 0.000936. The van der Waals surface area contributed by atoms with Crippen LogP contribution >= 0.6 is 34.8 Å². The highest BCUT2D eigenvalue weighted by atomic mass is 35.5. The molecule has 1 amide bonds. The van der Waals surface area contributed by atoms with Gasteiger partial charge in [-0.3, -0.25) is 4.79 Å². The van der Waals surface area contributed by atoms with E-state index in [0.717, 1.165) is 5.56 Å². The number of amides is 1.